The molecule has 1 atom stereocenters. The number of aromatic nitrogens is 1. The molecule has 1 saturated heterocycles. The minimum atomic E-state index is -0.493. The van der Waals surface area contributed by atoms with Gasteiger partial charge in [-0.05, 0) is 64.5 Å². The molecule has 3 rings (SSSR count). The highest BCUT2D eigenvalue weighted by molar-refractivity contribution is 5.71. The summed E-state index contributed by atoms with van der Waals surface area (Å²) in [4.78, 5) is 27.1. The predicted molar refractivity (Wildman–Crippen MR) is 115 cm³/mol. The molecule has 5 heteroatoms. The molecule has 158 valence electrons. The first-order valence-electron chi connectivity index (χ1n) is 10.9. The van der Waals surface area contributed by atoms with Crippen molar-refractivity contribution in [2.24, 2.45) is 0 Å². The normalized spacial score (nSPS) is 19.9. The Bertz CT molecular complexity index is 824. The van der Waals surface area contributed by atoms with Crippen molar-refractivity contribution in [2.75, 3.05) is 6.54 Å². The molecule has 2 aliphatic rings. The summed E-state index contributed by atoms with van der Waals surface area (Å²) < 4.78 is 7.40. The molecule has 0 bridgehead atoms. The van der Waals surface area contributed by atoms with E-state index in [0.29, 0.717) is 6.54 Å². The first-order chi connectivity index (χ1) is 13.7. The van der Waals surface area contributed by atoms with E-state index in [9.17, 15) is 9.59 Å². The molecule has 0 aromatic carbocycles. The third kappa shape index (κ3) is 5.44. The third-order valence-electron chi connectivity index (χ3n) is 6.00. The summed E-state index contributed by atoms with van der Waals surface area (Å²) in [7, 11) is 0. The second kappa shape index (κ2) is 8.65. The largest absolute Gasteiger partial charge is 0.444 e. The van der Waals surface area contributed by atoms with E-state index in [0.717, 1.165) is 63.5 Å². The number of carbonyl (C=O) groups is 1. The molecule has 1 aromatic heterocycles. The van der Waals surface area contributed by atoms with Crippen molar-refractivity contribution in [2.45, 2.75) is 95.7 Å². The molecule has 1 aliphatic heterocycles. The third-order valence-corrected chi connectivity index (χ3v) is 6.00. The van der Waals surface area contributed by atoms with Crippen molar-refractivity contribution in [3.63, 3.8) is 0 Å². The Morgan fingerprint density at radius 2 is 2.00 bits per heavy atom. The summed E-state index contributed by atoms with van der Waals surface area (Å²) >= 11 is 0. The van der Waals surface area contributed by atoms with Crippen LogP contribution in [0.3, 0.4) is 0 Å². The molecule has 0 radical (unpaired) electrons. The number of rotatable bonds is 7. The first-order valence-corrected chi connectivity index (χ1v) is 10.9. The van der Waals surface area contributed by atoms with Gasteiger partial charge in [-0.15, -0.1) is 12.3 Å². The molecule has 1 aromatic rings. The average Bonchev–Trinajstić information content (AvgIpc) is 3.29. The summed E-state index contributed by atoms with van der Waals surface area (Å²) in [5, 5.41) is 0. The number of pyridine rings is 1. The molecule has 2 fully saturated rings. The summed E-state index contributed by atoms with van der Waals surface area (Å²) in [6, 6.07) is 3.82. The van der Waals surface area contributed by atoms with Crippen molar-refractivity contribution in [3.05, 3.63) is 34.2 Å². The zero-order valence-corrected chi connectivity index (χ0v) is 18.1. The molecule has 0 unspecified atom stereocenters. The second-order valence-electron chi connectivity index (χ2n) is 9.58. The zero-order valence-electron chi connectivity index (χ0n) is 18.1. The Kier molecular flexibility index (Phi) is 6.41. The Hall–Kier alpha value is -2.22. The summed E-state index contributed by atoms with van der Waals surface area (Å²) in [5.74, 6) is 2.87. The van der Waals surface area contributed by atoms with Crippen molar-refractivity contribution in [1.82, 2.24) is 9.47 Å². The lowest BCUT2D eigenvalue weighted by Gasteiger charge is -2.28. The van der Waals surface area contributed by atoms with Gasteiger partial charge in [0, 0.05) is 43.2 Å². The number of terminal acetylenes is 1. The van der Waals surface area contributed by atoms with Gasteiger partial charge in [0.25, 0.3) is 5.56 Å². The summed E-state index contributed by atoms with van der Waals surface area (Å²) in [6.45, 7) is 7.06. The second-order valence-corrected chi connectivity index (χ2v) is 9.58. The average molecular weight is 399 g/mol. The van der Waals surface area contributed by atoms with Gasteiger partial charge >= 0.3 is 6.09 Å². The highest BCUT2D eigenvalue weighted by Crippen LogP contribution is 2.54. The minimum Gasteiger partial charge on any atom is -0.444 e. The van der Waals surface area contributed by atoms with Gasteiger partial charge in [-0.3, -0.25) is 4.79 Å². The fraction of sp³-hybridized carbons (Fsp3) is 0.667. The first kappa shape index (κ1) is 21.5. The minimum absolute atomic E-state index is 0.0479. The van der Waals surface area contributed by atoms with Gasteiger partial charge in [0.1, 0.15) is 5.60 Å². The van der Waals surface area contributed by atoms with E-state index in [4.69, 9.17) is 11.2 Å². The van der Waals surface area contributed by atoms with Crippen LogP contribution in [0.15, 0.2) is 23.1 Å². The van der Waals surface area contributed by atoms with Crippen LogP contribution in [-0.4, -0.2) is 33.2 Å². The standard InChI is InChI=1S/C24H34N2O3/c1-5-6-7-8-9-10-14-25-15-11-19(16-21(25)27)20-17-24(12-13-24)26(18-20)22(28)29-23(2,3)4/h1,11,15-16,20H,6-10,12-14,17-18H2,2-4H3/t20-/m0/s1. The SMILES string of the molecule is C#CCCCCCCn1ccc([C@@H]2CN(C(=O)OC(C)(C)C)C3(CC3)C2)cc1=O. The molecule has 1 spiro atoms. The molecule has 2 heterocycles. The predicted octanol–water partition coefficient (Wildman–Crippen LogP) is 4.69. The van der Waals surface area contributed by atoms with Crippen LogP contribution in [0.2, 0.25) is 0 Å². The van der Waals surface area contributed by atoms with Crippen molar-refractivity contribution < 1.29 is 9.53 Å². The van der Waals surface area contributed by atoms with E-state index < -0.39 is 5.60 Å². The zero-order chi connectivity index (χ0) is 21.1. The number of ether oxygens (including phenoxy) is 1. The maximum absolute atomic E-state index is 12.7. The van der Waals surface area contributed by atoms with Gasteiger partial charge < -0.3 is 14.2 Å². The van der Waals surface area contributed by atoms with Crippen LogP contribution < -0.4 is 5.56 Å². The lowest BCUT2D eigenvalue weighted by Crippen LogP contribution is -2.41. The number of unbranched alkanes of at least 4 members (excludes halogenated alkanes) is 4. The topological polar surface area (TPSA) is 51.5 Å². The highest BCUT2D eigenvalue weighted by Gasteiger charge is 2.57. The van der Waals surface area contributed by atoms with E-state index in [1.807, 2.05) is 31.9 Å². The molecule has 1 aliphatic carbocycles. The monoisotopic (exact) mass is 398 g/mol. The number of hydrogen-bond acceptors (Lipinski definition) is 3. The van der Waals surface area contributed by atoms with E-state index in [-0.39, 0.29) is 23.1 Å². The number of hydrogen-bond donors (Lipinski definition) is 0. The van der Waals surface area contributed by atoms with Crippen LogP contribution in [-0.2, 0) is 11.3 Å². The molecule has 0 N–H and O–H groups in total. The smallest absolute Gasteiger partial charge is 0.410 e. The van der Waals surface area contributed by atoms with E-state index in [2.05, 4.69) is 12.0 Å². The molecule has 1 amide bonds. The van der Waals surface area contributed by atoms with Crippen molar-refractivity contribution in [3.8, 4) is 12.3 Å². The Balaban J connectivity index is 1.59. The fourth-order valence-corrected chi connectivity index (χ4v) is 4.30. The van der Waals surface area contributed by atoms with Crippen LogP contribution in [0, 0.1) is 12.3 Å². The quantitative estimate of drug-likeness (QED) is 0.495. The van der Waals surface area contributed by atoms with Gasteiger partial charge in [0.2, 0.25) is 0 Å². The van der Waals surface area contributed by atoms with Crippen LogP contribution in [0.5, 0.6) is 0 Å². The van der Waals surface area contributed by atoms with Gasteiger partial charge in [-0.25, -0.2) is 4.79 Å². The number of nitrogens with zero attached hydrogens (tertiary/aromatic N) is 2. The van der Waals surface area contributed by atoms with Gasteiger partial charge in [-0.1, -0.05) is 12.8 Å². The summed E-state index contributed by atoms with van der Waals surface area (Å²) in [6.07, 6.45) is 15.0. The molecular formula is C24H34N2O3. The van der Waals surface area contributed by atoms with Gasteiger partial charge in [-0.2, -0.15) is 0 Å². The number of likely N-dealkylation sites (tertiary alicyclic amines) is 1. The molecule has 29 heavy (non-hydrogen) atoms. The van der Waals surface area contributed by atoms with E-state index >= 15 is 0 Å². The maximum Gasteiger partial charge on any atom is 0.410 e. The van der Waals surface area contributed by atoms with E-state index in [1.54, 1.807) is 10.6 Å². The lowest BCUT2D eigenvalue weighted by molar-refractivity contribution is 0.0202. The Morgan fingerprint density at radius 3 is 2.62 bits per heavy atom. The number of amides is 1. The number of aryl methyl sites for hydroxylation is 1. The highest BCUT2D eigenvalue weighted by atomic mass is 16.6. The Morgan fingerprint density at radius 1 is 1.28 bits per heavy atom. The van der Waals surface area contributed by atoms with Crippen molar-refractivity contribution >= 4 is 6.09 Å². The van der Waals surface area contributed by atoms with Gasteiger partial charge in [0.05, 0.1) is 0 Å². The van der Waals surface area contributed by atoms with Crippen LogP contribution in [0.1, 0.15) is 83.6 Å². The number of carbonyl (C=O) groups excluding carboxylic acids is 1. The molecule has 5 nitrogen and oxygen atoms in total. The molecular weight excluding hydrogens is 364 g/mol. The van der Waals surface area contributed by atoms with E-state index in [1.165, 1.54) is 0 Å². The van der Waals surface area contributed by atoms with Crippen LogP contribution >= 0.6 is 0 Å². The fourth-order valence-electron chi connectivity index (χ4n) is 4.30. The Labute approximate surface area is 174 Å². The maximum atomic E-state index is 12.7. The lowest BCUT2D eigenvalue weighted by atomic mass is 9.96. The van der Waals surface area contributed by atoms with Crippen molar-refractivity contribution in [1.29, 1.82) is 0 Å². The van der Waals surface area contributed by atoms with Crippen LogP contribution in [0.4, 0.5) is 4.79 Å². The summed E-state index contributed by atoms with van der Waals surface area (Å²) in [5.41, 5.74) is 0.539. The van der Waals surface area contributed by atoms with Crippen LogP contribution in [0.25, 0.3) is 0 Å². The van der Waals surface area contributed by atoms with Gasteiger partial charge in [0.15, 0.2) is 0 Å². The molecule has 1 saturated carbocycles.